The van der Waals surface area contributed by atoms with E-state index in [1.54, 1.807) is 7.11 Å². The van der Waals surface area contributed by atoms with Crippen molar-refractivity contribution in [2.45, 2.75) is 39.3 Å². The molecule has 0 aliphatic heterocycles. The molecule has 0 bridgehead atoms. The SMILES string of the molecule is COc1cc([C@@H](C)N)ccc1OCc1nc(C(C)C)no1. The smallest absolute Gasteiger partial charge is 0.264 e. The predicted octanol–water partition coefficient (Wildman–Crippen LogP) is 2.80. The molecule has 0 aliphatic rings. The summed E-state index contributed by atoms with van der Waals surface area (Å²) in [7, 11) is 1.59. The van der Waals surface area contributed by atoms with Crippen LogP contribution in [0, 0.1) is 0 Å². The van der Waals surface area contributed by atoms with Crippen molar-refractivity contribution in [1.29, 1.82) is 0 Å². The molecule has 0 unspecified atom stereocenters. The number of methoxy groups -OCH3 is 1. The zero-order chi connectivity index (χ0) is 15.4. The van der Waals surface area contributed by atoms with Gasteiger partial charge in [0.25, 0.3) is 5.89 Å². The van der Waals surface area contributed by atoms with Crippen molar-refractivity contribution >= 4 is 0 Å². The minimum Gasteiger partial charge on any atom is -0.493 e. The van der Waals surface area contributed by atoms with Crippen LogP contribution in [0.3, 0.4) is 0 Å². The van der Waals surface area contributed by atoms with E-state index in [0.29, 0.717) is 23.2 Å². The van der Waals surface area contributed by atoms with Crippen LogP contribution in [0.2, 0.25) is 0 Å². The minimum absolute atomic E-state index is 0.0579. The summed E-state index contributed by atoms with van der Waals surface area (Å²) in [5, 5.41) is 3.89. The zero-order valence-electron chi connectivity index (χ0n) is 12.8. The van der Waals surface area contributed by atoms with Crippen LogP contribution in [0.5, 0.6) is 11.5 Å². The standard InChI is InChI=1S/C15H21N3O3/c1-9(2)15-17-14(21-18-15)8-20-12-6-5-11(10(3)16)7-13(12)19-4/h5-7,9-10H,8,16H2,1-4H3/t10-/m1/s1. The topological polar surface area (TPSA) is 83.4 Å². The highest BCUT2D eigenvalue weighted by Gasteiger charge is 2.12. The quantitative estimate of drug-likeness (QED) is 0.881. The fourth-order valence-electron chi connectivity index (χ4n) is 1.79. The lowest BCUT2D eigenvalue weighted by Crippen LogP contribution is -2.06. The first-order chi connectivity index (χ1) is 10.0. The highest BCUT2D eigenvalue weighted by atomic mass is 16.5. The highest BCUT2D eigenvalue weighted by Crippen LogP contribution is 2.30. The van der Waals surface area contributed by atoms with Gasteiger partial charge in [-0.05, 0) is 24.6 Å². The number of rotatable bonds is 6. The first-order valence-corrected chi connectivity index (χ1v) is 6.90. The minimum atomic E-state index is -0.0579. The molecule has 2 rings (SSSR count). The van der Waals surface area contributed by atoms with Gasteiger partial charge in [0, 0.05) is 12.0 Å². The van der Waals surface area contributed by atoms with Crippen LogP contribution in [0.1, 0.15) is 50.0 Å². The van der Waals surface area contributed by atoms with E-state index in [2.05, 4.69) is 10.1 Å². The van der Waals surface area contributed by atoms with E-state index in [0.717, 1.165) is 5.56 Å². The molecule has 1 atom stereocenters. The molecule has 0 spiro atoms. The monoisotopic (exact) mass is 291 g/mol. The summed E-state index contributed by atoms with van der Waals surface area (Å²) in [6.07, 6.45) is 0. The Bertz CT molecular complexity index is 594. The molecule has 0 amide bonds. The van der Waals surface area contributed by atoms with E-state index in [1.165, 1.54) is 0 Å². The van der Waals surface area contributed by atoms with Gasteiger partial charge in [-0.2, -0.15) is 4.98 Å². The number of benzene rings is 1. The fourth-order valence-corrected chi connectivity index (χ4v) is 1.79. The maximum atomic E-state index is 5.85. The van der Waals surface area contributed by atoms with E-state index >= 15 is 0 Å². The molecular weight excluding hydrogens is 270 g/mol. The van der Waals surface area contributed by atoms with Gasteiger partial charge in [0.1, 0.15) is 0 Å². The maximum absolute atomic E-state index is 5.85. The largest absolute Gasteiger partial charge is 0.493 e. The average molecular weight is 291 g/mol. The van der Waals surface area contributed by atoms with Crippen molar-refractivity contribution < 1.29 is 14.0 Å². The maximum Gasteiger partial charge on any atom is 0.264 e. The van der Waals surface area contributed by atoms with Crippen LogP contribution >= 0.6 is 0 Å². The number of aromatic nitrogens is 2. The van der Waals surface area contributed by atoms with Gasteiger partial charge in [-0.3, -0.25) is 0 Å². The number of nitrogens with two attached hydrogens (primary N) is 1. The lowest BCUT2D eigenvalue weighted by Gasteiger charge is -2.12. The molecule has 1 aromatic carbocycles. The Morgan fingerprint density at radius 2 is 2.00 bits per heavy atom. The summed E-state index contributed by atoms with van der Waals surface area (Å²) in [5.41, 5.74) is 6.84. The Hall–Kier alpha value is -2.08. The third-order valence-corrected chi connectivity index (χ3v) is 3.06. The summed E-state index contributed by atoms with van der Waals surface area (Å²) in [5.74, 6) is 2.59. The lowest BCUT2D eigenvalue weighted by molar-refractivity contribution is 0.233. The Balaban J connectivity index is 2.08. The Morgan fingerprint density at radius 3 is 2.57 bits per heavy atom. The highest BCUT2D eigenvalue weighted by molar-refractivity contribution is 5.43. The summed E-state index contributed by atoms with van der Waals surface area (Å²) < 4.78 is 16.1. The molecule has 1 heterocycles. The van der Waals surface area contributed by atoms with Gasteiger partial charge >= 0.3 is 0 Å². The molecule has 0 saturated heterocycles. The molecular formula is C15H21N3O3. The first-order valence-electron chi connectivity index (χ1n) is 6.90. The first kappa shape index (κ1) is 15.3. The van der Waals surface area contributed by atoms with Crippen LogP contribution in [0.15, 0.2) is 22.7 Å². The van der Waals surface area contributed by atoms with E-state index in [-0.39, 0.29) is 18.6 Å². The zero-order valence-corrected chi connectivity index (χ0v) is 12.8. The van der Waals surface area contributed by atoms with E-state index in [4.69, 9.17) is 19.7 Å². The van der Waals surface area contributed by atoms with Crippen molar-refractivity contribution in [3.05, 3.63) is 35.5 Å². The molecule has 6 nitrogen and oxygen atoms in total. The number of ether oxygens (including phenoxy) is 2. The van der Waals surface area contributed by atoms with Crippen molar-refractivity contribution in [1.82, 2.24) is 10.1 Å². The average Bonchev–Trinajstić information content (AvgIpc) is 2.93. The van der Waals surface area contributed by atoms with Crippen LogP contribution in [0.4, 0.5) is 0 Å². The number of hydrogen-bond acceptors (Lipinski definition) is 6. The van der Waals surface area contributed by atoms with Crippen molar-refractivity contribution in [3.63, 3.8) is 0 Å². The third-order valence-electron chi connectivity index (χ3n) is 3.06. The van der Waals surface area contributed by atoms with Crippen LogP contribution in [-0.4, -0.2) is 17.3 Å². The lowest BCUT2D eigenvalue weighted by atomic mass is 10.1. The van der Waals surface area contributed by atoms with Crippen molar-refractivity contribution in [3.8, 4) is 11.5 Å². The summed E-state index contributed by atoms with van der Waals surface area (Å²) in [4.78, 5) is 4.26. The molecule has 1 aromatic heterocycles. The summed E-state index contributed by atoms with van der Waals surface area (Å²) >= 11 is 0. The Morgan fingerprint density at radius 1 is 1.24 bits per heavy atom. The summed E-state index contributed by atoms with van der Waals surface area (Å²) in [6, 6.07) is 5.55. The van der Waals surface area contributed by atoms with E-state index in [1.807, 2.05) is 39.0 Å². The van der Waals surface area contributed by atoms with Gasteiger partial charge in [0.05, 0.1) is 7.11 Å². The number of nitrogens with zero attached hydrogens (tertiary/aromatic N) is 2. The molecule has 0 radical (unpaired) electrons. The van der Waals surface area contributed by atoms with Crippen molar-refractivity contribution in [2.24, 2.45) is 5.73 Å². The normalized spacial score (nSPS) is 12.5. The molecule has 21 heavy (non-hydrogen) atoms. The molecule has 0 fully saturated rings. The summed E-state index contributed by atoms with van der Waals surface area (Å²) in [6.45, 7) is 6.13. The van der Waals surface area contributed by atoms with Gasteiger partial charge in [-0.15, -0.1) is 0 Å². The predicted molar refractivity (Wildman–Crippen MR) is 78.3 cm³/mol. The third kappa shape index (κ3) is 3.72. The molecule has 0 aliphatic carbocycles. The number of hydrogen-bond donors (Lipinski definition) is 1. The van der Waals surface area contributed by atoms with Gasteiger partial charge in [0.2, 0.25) is 0 Å². The Kier molecular flexibility index (Phi) is 4.80. The van der Waals surface area contributed by atoms with Gasteiger partial charge < -0.3 is 19.7 Å². The fraction of sp³-hybridized carbons (Fsp3) is 0.467. The molecule has 2 N–H and O–H groups in total. The van der Waals surface area contributed by atoms with Gasteiger partial charge in [-0.25, -0.2) is 0 Å². The van der Waals surface area contributed by atoms with Crippen LogP contribution < -0.4 is 15.2 Å². The molecule has 114 valence electrons. The second-order valence-electron chi connectivity index (χ2n) is 5.19. The molecule has 6 heteroatoms. The second-order valence-corrected chi connectivity index (χ2v) is 5.19. The molecule has 2 aromatic rings. The van der Waals surface area contributed by atoms with Crippen molar-refractivity contribution in [2.75, 3.05) is 7.11 Å². The Labute approximate surface area is 124 Å². The second kappa shape index (κ2) is 6.58. The molecule has 0 saturated carbocycles. The van der Waals surface area contributed by atoms with E-state index < -0.39 is 0 Å². The van der Waals surface area contributed by atoms with E-state index in [9.17, 15) is 0 Å². The van der Waals surface area contributed by atoms with Crippen LogP contribution in [0.25, 0.3) is 0 Å². The van der Waals surface area contributed by atoms with Gasteiger partial charge in [-0.1, -0.05) is 25.1 Å². The van der Waals surface area contributed by atoms with Crippen LogP contribution in [-0.2, 0) is 6.61 Å². The van der Waals surface area contributed by atoms with Gasteiger partial charge in [0.15, 0.2) is 23.9 Å².